The predicted molar refractivity (Wildman–Crippen MR) is 83.1 cm³/mol. The first kappa shape index (κ1) is 17.0. The summed E-state index contributed by atoms with van der Waals surface area (Å²) < 4.78 is 0. The van der Waals surface area contributed by atoms with E-state index in [0.717, 1.165) is 6.61 Å². The lowest BCUT2D eigenvalue weighted by atomic mass is 9.82. The molecule has 0 amide bonds. The normalized spacial score (nSPS) is 24.3. The van der Waals surface area contributed by atoms with Gasteiger partial charge in [0.15, 0.2) is 0 Å². The van der Waals surface area contributed by atoms with E-state index in [4.69, 9.17) is 4.84 Å². The fourth-order valence-electron chi connectivity index (χ4n) is 3.40. The smallest absolute Gasteiger partial charge is 0.0713 e. The molecule has 0 aromatic carbocycles. The molecule has 1 fully saturated rings. The Kier molecular flexibility index (Phi) is 6.32. The van der Waals surface area contributed by atoms with Crippen molar-refractivity contribution < 1.29 is 4.84 Å². The van der Waals surface area contributed by atoms with Crippen LogP contribution in [0.5, 0.6) is 0 Å². The van der Waals surface area contributed by atoms with E-state index in [-0.39, 0.29) is 11.1 Å². The summed E-state index contributed by atoms with van der Waals surface area (Å²) in [5, 5.41) is 2.30. The van der Waals surface area contributed by atoms with Crippen LogP contribution in [0.2, 0.25) is 0 Å². The lowest BCUT2D eigenvalue weighted by Crippen LogP contribution is -2.58. The Hall–Kier alpha value is -0.0800. The number of hydrogen-bond acceptors (Lipinski definition) is 2. The zero-order valence-electron chi connectivity index (χ0n) is 14.1. The van der Waals surface area contributed by atoms with Crippen LogP contribution in [0.3, 0.4) is 0 Å². The Labute approximate surface area is 120 Å². The van der Waals surface area contributed by atoms with Gasteiger partial charge >= 0.3 is 0 Å². The van der Waals surface area contributed by atoms with Crippen LogP contribution in [-0.2, 0) is 4.84 Å². The van der Waals surface area contributed by atoms with Gasteiger partial charge in [-0.1, -0.05) is 33.1 Å². The topological polar surface area (TPSA) is 12.5 Å². The molecule has 0 N–H and O–H groups in total. The average Bonchev–Trinajstić information content (AvgIpc) is 2.31. The maximum atomic E-state index is 6.30. The Balaban J connectivity index is 2.56. The van der Waals surface area contributed by atoms with E-state index < -0.39 is 0 Å². The van der Waals surface area contributed by atoms with Gasteiger partial charge in [-0.2, -0.15) is 5.06 Å². The molecule has 1 rings (SSSR count). The van der Waals surface area contributed by atoms with Gasteiger partial charge in [0.2, 0.25) is 0 Å². The third-order valence-electron chi connectivity index (χ3n) is 4.66. The van der Waals surface area contributed by atoms with Crippen molar-refractivity contribution in [2.24, 2.45) is 5.92 Å². The minimum Gasteiger partial charge on any atom is -0.298 e. The molecule has 1 aliphatic rings. The second-order valence-corrected chi connectivity index (χ2v) is 7.49. The van der Waals surface area contributed by atoms with Crippen molar-refractivity contribution >= 4 is 0 Å². The highest BCUT2D eigenvalue weighted by Crippen LogP contribution is 2.38. The number of unbranched alkanes of at least 4 members (excludes halogenated alkanes) is 1. The average molecular weight is 269 g/mol. The summed E-state index contributed by atoms with van der Waals surface area (Å²) in [6.45, 7) is 14.7. The molecule has 1 aliphatic heterocycles. The van der Waals surface area contributed by atoms with Gasteiger partial charge in [0, 0.05) is 11.1 Å². The molecule has 0 aromatic rings. The van der Waals surface area contributed by atoms with Gasteiger partial charge in [-0.05, 0) is 59.3 Å². The first-order chi connectivity index (χ1) is 8.83. The maximum absolute atomic E-state index is 6.30. The molecule has 1 atom stereocenters. The minimum absolute atomic E-state index is 0.171. The molecule has 0 radical (unpaired) electrons. The SMILES string of the molecule is CCCCC(CC)CON1C(C)(C)CCCC1(C)C. The molecule has 2 nitrogen and oxygen atoms in total. The van der Waals surface area contributed by atoms with Crippen LogP contribution in [0, 0.1) is 5.92 Å². The first-order valence-corrected chi connectivity index (χ1v) is 8.26. The molecule has 1 saturated heterocycles. The molecular formula is C17H35NO. The number of nitrogens with zero attached hydrogens (tertiary/aromatic N) is 1. The molecule has 19 heavy (non-hydrogen) atoms. The zero-order chi connectivity index (χ0) is 14.5. The number of rotatable bonds is 7. The molecule has 0 spiro atoms. The van der Waals surface area contributed by atoms with Crippen LogP contribution in [0.1, 0.15) is 86.5 Å². The van der Waals surface area contributed by atoms with Crippen LogP contribution in [-0.4, -0.2) is 22.7 Å². The standard InChI is InChI=1S/C17H35NO/c1-7-9-11-15(8-2)14-19-18-16(3,4)12-10-13-17(18,5)6/h15H,7-14H2,1-6H3. The molecule has 1 unspecified atom stereocenters. The Morgan fingerprint density at radius 1 is 1.05 bits per heavy atom. The first-order valence-electron chi connectivity index (χ1n) is 8.26. The number of hydroxylamine groups is 2. The highest BCUT2D eigenvalue weighted by Gasteiger charge is 2.42. The Morgan fingerprint density at radius 2 is 1.63 bits per heavy atom. The minimum atomic E-state index is 0.171. The predicted octanol–water partition coefficient (Wildman–Crippen LogP) is 5.18. The van der Waals surface area contributed by atoms with Crippen LogP contribution >= 0.6 is 0 Å². The van der Waals surface area contributed by atoms with Gasteiger partial charge in [-0.15, -0.1) is 0 Å². The molecule has 2 heteroatoms. The van der Waals surface area contributed by atoms with Crippen LogP contribution in [0.25, 0.3) is 0 Å². The van der Waals surface area contributed by atoms with Crippen molar-refractivity contribution in [2.75, 3.05) is 6.61 Å². The van der Waals surface area contributed by atoms with Gasteiger partial charge in [0.1, 0.15) is 0 Å². The summed E-state index contributed by atoms with van der Waals surface area (Å²) in [5.41, 5.74) is 0.343. The summed E-state index contributed by atoms with van der Waals surface area (Å²) in [7, 11) is 0. The molecular weight excluding hydrogens is 234 g/mol. The van der Waals surface area contributed by atoms with E-state index in [0.29, 0.717) is 5.92 Å². The van der Waals surface area contributed by atoms with E-state index in [2.05, 4.69) is 46.6 Å². The highest BCUT2D eigenvalue weighted by atomic mass is 16.7. The second-order valence-electron chi connectivity index (χ2n) is 7.49. The van der Waals surface area contributed by atoms with E-state index in [9.17, 15) is 0 Å². The van der Waals surface area contributed by atoms with E-state index in [1.54, 1.807) is 0 Å². The second kappa shape index (κ2) is 7.08. The van der Waals surface area contributed by atoms with Crippen molar-refractivity contribution in [1.82, 2.24) is 5.06 Å². The quantitative estimate of drug-likeness (QED) is 0.631. The third-order valence-corrected chi connectivity index (χ3v) is 4.66. The molecule has 0 saturated carbocycles. The fraction of sp³-hybridized carbons (Fsp3) is 1.00. The molecule has 0 bridgehead atoms. The van der Waals surface area contributed by atoms with Crippen LogP contribution < -0.4 is 0 Å². The Morgan fingerprint density at radius 3 is 2.11 bits per heavy atom. The lowest BCUT2D eigenvalue weighted by Gasteiger charge is -2.51. The molecule has 114 valence electrons. The van der Waals surface area contributed by atoms with E-state index in [1.807, 2.05) is 0 Å². The van der Waals surface area contributed by atoms with Crippen molar-refractivity contribution in [2.45, 2.75) is 97.6 Å². The molecule has 0 aliphatic carbocycles. The van der Waals surface area contributed by atoms with Crippen molar-refractivity contribution in [3.8, 4) is 0 Å². The van der Waals surface area contributed by atoms with Gasteiger partial charge in [0.25, 0.3) is 0 Å². The summed E-state index contributed by atoms with van der Waals surface area (Å²) in [5.74, 6) is 0.716. The van der Waals surface area contributed by atoms with Gasteiger partial charge in [-0.25, -0.2) is 0 Å². The van der Waals surface area contributed by atoms with E-state index in [1.165, 1.54) is 44.9 Å². The van der Waals surface area contributed by atoms with Crippen molar-refractivity contribution in [1.29, 1.82) is 0 Å². The monoisotopic (exact) mass is 269 g/mol. The summed E-state index contributed by atoms with van der Waals surface area (Å²) >= 11 is 0. The summed E-state index contributed by atoms with van der Waals surface area (Å²) in [6, 6.07) is 0. The van der Waals surface area contributed by atoms with Gasteiger partial charge in [-0.3, -0.25) is 4.84 Å². The zero-order valence-corrected chi connectivity index (χ0v) is 14.1. The molecule has 1 heterocycles. The summed E-state index contributed by atoms with van der Waals surface area (Å²) in [4.78, 5) is 6.30. The maximum Gasteiger partial charge on any atom is 0.0713 e. The van der Waals surface area contributed by atoms with Crippen LogP contribution in [0.15, 0.2) is 0 Å². The lowest BCUT2D eigenvalue weighted by molar-refractivity contribution is -0.286. The van der Waals surface area contributed by atoms with E-state index >= 15 is 0 Å². The van der Waals surface area contributed by atoms with Gasteiger partial charge in [0.05, 0.1) is 6.61 Å². The summed E-state index contributed by atoms with van der Waals surface area (Å²) in [6.07, 6.45) is 8.94. The number of hydrogen-bond donors (Lipinski definition) is 0. The Bertz CT molecular complexity index is 244. The molecule has 0 aromatic heterocycles. The number of piperidine rings is 1. The van der Waals surface area contributed by atoms with Crippen molar-refractivity contribution in [3.05, 3.63) is 0 Å². The highest BCUT2D eigenvalue weighted by molar-refractivity contribution is 4.92. The fourth-order valence-corrected chi connectivity index (χ4v) is 3.40. The van der Waals surface area contributed by atoms with Gasteiger partial charge < -0.3 is 0 Å². The third kappa shape index (κ3) is 4.75. The van der Waals surface area contributed by atoms with Crippen molar-refractivity contribution in [3.63, 3.8) is 0 Å². The largest absolute Gasteiger partial charge is 0.298 e. The van der Waals surface area contributed by atoms with Crippen LogP contribution in [0.4, 0.5) is 0 Å².